The van der Waals surface area contributed by atoms with Crippen LogP contribution in [0.2, 0.25) is 0 Å². The number of nitrogens with zero attached hydrogens (tertiary/aromatic N) is 2. The van der Waals surface area contributed by atoms with E-state index in [2.05, 4.69) is 5.32 Å². The normalized spacial score (nSPS) is 17.0. The molecule has 2 aromatic carbocycles. The molecule has 1 N–H and O–H groups in total. The fourth-order valence-electron chi connectivity index (χ4n) is 3.26. The fraction of sp³-hybridized carbons (Fsp3) is 0.333. The number of benzene rings is 2. The van der Waals surface area contributed by atoms with Gasteiger partial charge in [-0.15, -0.1) is 0 Å². The van der Waals surface area contributed by atoms with Crippen molar-refractivity contribution in [1.82, 2.24) is 9.21 Å². The Bertz CT molecular complexity index is 990. The zero-order chi connectivity index (χ0) is 21.0. The number of amides is 2. The molecule has 0 unspecified atom stereocenters. The zero-order valence-electron chi connectivity index (χ0n) is 16.5. The van der Waals surface area contributed by atoms with Crippen molar-refractivity contribution >= 4 is 27.5 Å². The van der Waals surface area contributed by atoms with Gasteiger partial charge in [-0.3, -0.25) is 9.59 Å². The van der Waals surface area contributed by atoms with Crippen molar-refractivity contribution in [2.75, 3.05) is 32.5 Å². The minimum Gasteiger partial charge on any atom is -0.342 e. The lowest BCUT2D eigenvalue weighted by Crippen LogP contribution is -2.30. The highest BCUT2D eigenvalue weighted by atomic mass is 32.2. The number of carbonyl (C=O) groups excluding carboxylic acids is 2. The molecule has 1 saturated heterocycles. The van der Waals surface area contributed by atoms with Crippen LogP contribution in [0.3, 0.4) is 0 Å². The third-order valence-corrected chi connectivity index (χ3v) is 6.79. The summed E-state index contributed by atoms with van der Waals surface area (Å²) in [4.78, 5) is 26.7. The van der Waals surface area contributed by atoms with Crippen LogP contribution < -0.4 is 5.32 Å². The maximum absolute atomic E-state index is 12.6. The largest absolute Gasteiger partial charge is 0.342 e. The highest BCUT2D eigenvalue weighted by molar-refractivity contribution is 7.89. The molecule has 0 aliphatic carbocycles. The summed E-state index contributed by atoms with van der Waals surface area (Å²) in [6.45, 7) is 0.941. The van der Waals surface area contributed by atoms with Gasteiger partial charge in [0, 0.05) is 39.3 Å². The second kappa shape index (κ2) is 8.75. The van der Waals surface area contributed by atoms with Gasteiger partial charge in [0.05, 0.1) is 10.8 Å². The second-order valence-corrected chi connectivity index (χ2v) is 9.43. The number of nitrogens with one attached hydrogen (secondary N) is 1. The average molecular weight is 416 g/mol. The molecule has 1 fully saturated rings. The molecule has 154 valence electrons. The first-order valence-electron chi connectivity index (χ1n) is 9.42. The molecule has 0 saturated carbocycles. The number of likely N-dealkylation sites (tertiary alicyclic amines) is 1. The molecule has 0 aromatic heterocycles. The minimum absolute atomic E-state index is 0.0370. The maximum Gasteiger partial charge on any atom is 0.242 e. The first-order valence-corrected chi connectivity index (χ1v) is 10.9. The molecule has 1 aliphatic heterocycles. The number of sulfonamides is 1. The van der Waals surface area contributed by atoms with E-state index in [1.165, 1.54) is 26.2 Å². The molecular formula is C21H25N3O4S. The van der Waals surface area contributed by atoms with Crippen molar-refractivity contribution < 1.29 is 18.0 Å². The average Bonchev–Trinajstić information content (AvgIpc) is 3.08. The third kappa shape index (κ3) is 5.02. The van der Waals surface area contributed by atoms with E-state index in [4.69, 9.17) is 0 Å². The molecule has 3 rings (SSSR count). The number of carbonyl (C=O) groups is 2. The summed E-state index contributed by atoms with van der Waals surface area (Å²) in [6, 6.07) is 16.0. The molecule has 7 nitrogen and oxygen atoms in total. The van der Waals surface area contributed by atoms with Crippen molar-refractivity contribution in [3.63, 3.8) is 0 Å². The summed E-state index contributed by atoms with van der Waals surface area (Å²) >= 11 is 0. The molecule has 0 radical (unpaired) electrons. The first kappa shape index (κ1) is 21.0. The van der Waals surface area contributed by atoms with E-state index in [0.717, 1.165) is 16.3 Å². The predicted octanol–water partition coefficient (Wildman–Crippen LogP) is 1.97. The Morgan fingerprint density at radius 3 is 2.55 bits per heavy atom. The van der Waals surface area contributed by atoms with Gasteiger partial charge in [0.2, 0.25) is 21.8 Å². The van der Waals surface area contributed by atoms with Gasteiger partial charge in [-0.05, 0) is 30.2 Å². The first-order chi connectivity index (χ1) is 13.8. The van der Waals surface area contributed by atoms with Crippen LogP contribution in [-0.2, 0) is 26.0 Å². The molecule has 1 heterocycles. The Morgan fingerprint density at radius 2 is 1.86 bits per heavy atom. The Balaban J connectivity index is 1.61. The van der Waals surface area contributed by atoms with Gasteiger partial charge in [0.25, 0.3) is 0 Å². The summed E-state index contributed by atoms with van der Waals surface area (Å²) < 4.78 is 25.6. The van der Waals surface area contributed by atoms with Crippen molar-refractivity contribution in [3.05, 3.63) is 60.2 Å². The topological polar surface area (TPSA) is 86.8 Å². The SMILES string of the molecule is CN(C)S(=O)(=O)c1cccc(NC(=O)[C@H]2CC(=O)N(CCc3ccccc3)C2)c1. The predicted molar refractivity (Wildman–Crippen MR) is 111 cm³/mol. The quantitative estimate of drug-likeness (QED) is 0.749. The van der Waals surface area contributed by atoms with Gasteiger partial charge in [0.15, 0.2) is 0 Å². The van der Waals surface area contributed by atoms with E-state index < -0.39 is 15.9 Å². The molecule has 8 heteroatoms. The highest BCUT2D eigenvalue weighted by Crippen LogP contribution is 2.22. The van der Waals surface area contributed by atoms with E-state index in [1.807, 2.05) is 30.3 Å². The second-order valence-electron chi connectivity index (χ2n) is 7.28. The van der Waals surface area contributed by atoms with Crippen molar-refractivity contribution in [2.45, 2.75) is 17.7 Å². The van der Waals surface area contributed by atoms with Gasteiger partial charge in [-0.1, -0.05) is 36.4 Å². The summed E-state index contributed by atoms with van der Waals surface area (Å²) in [5.74, 6) is -0.766. The summed E-state index contributed by atoms with van der Waals surface area (Å²) in [5.41, 5.74) is 1.54. The number of rotatable bonds is 7. The van der Waals surface area contributed by atoms with Gasteiger partial charge in [0.1, 0.15) is 0 Å². The van der Waals surface area contributed by atoms with Crippen LogP contribution >= 0.6 is 0 Å². The molecule has 1 atom stereocenters. The molecule has 1 aliphatic rings. The molecule has 2 amide bonds. The Labute approximate surface area is 171 Å². The van der Waals surface area contributed by atoms with E-state index in [-0.39, 0.29) is 23.1 Å². The van der Waals surface area contributed by atoms with E-state index >= 15 is 0 Å². The highest BCUT2D eigenvalue weighted by Gasteiger charge is 2.34. The molecule has 0 spiro atoms. The van der Waals surface area contributed by atoms with Crippen molar-refractivity contribution in [1.29, 1.82) is 0 Å². The lowest BCUT2D eigenvalue weighted by molar-refractivity contribution is -0.128. The zero-order valence-corrected chi connectivity index (χ0v) is 17.4. The number of hydrogen-bond donors (Lipinski definition) is 1. The molecule has 29 heavy (non-hydrogen) atoms. The van der Waals surface area contributed by atoms with Crippen LogP contribution in [0, 0.1) is 5.92 Å². The molecule has 2 aromatic rings. The maximum atomic E-state index is 12.6. The van der Waals surface area contributed by atoms with Crippen LogP contribution in [-0.4, -0.2) is 56.6 Å². The third-order valence-electron chi connectivity index (χ3n) is 4.98. The fourth-order valence-corrected chi connectivity index (χ4v) is 4.21. The van der Waals surface area contributed by atoms with Crippen LogP contribution in [0.4, 0.5) is 5.69 Å². The lowest BCUT2D eigenvalue weighted by Gasteiger charge is -2.17. The van der Waals surface area contributed by atoms with Crippen LogP contribution in [0.5, 0.6) is 0 Å². The van der Waals surface area contributed by atoms with Gasteiger partial charge in [-0.25, -0.2) is 12.7 Å². The van der Waals surface area contributed by atoms with Gasteiger partial charge < -0.3 is 10.2 Å². The van der Waals surface area contributed by atoms with Gasteiger partial charge >= 0.3 is 0 Å². The molecule has 0 bridgehead atoms. The standard InChI is InChI=1S/C21H25N3O4S/c1-23(2)29(27,28)19-10-6-9-18(14-19)22-21(26)17-13-20(25)24(15-17)12-11-16-7-4-3-5-8-16/h3-10,14,17H,11-13,15H2,1-2H3,(H,22,26)/t17-/m0/s1. The van der Waals surface area contributed by atoms with Crippen LogP contribution in [0.25, 0.3) is 0 Å². The minimum atomic E-state index is -3.59. The summed E-state index contributed by atoms with van der Waals surface area (Å²) in [5, 5.41) is 2.75. The summed E-state index contributed by atoms with van der Waals surface area (Å²) in [7, 11) is -0.680. The lowest BCUT2D eigenvalue weighted by atomic mass is 10.1. The Kier molecular flexibility index (Phi) is 6.34. The Morgan fingerprint density at radius 1 is 1.14 bits per heavy atom. The monoisotopic (exact) mass is 415 g/mol. The van der Waals surface area contributed by atoms with E-state index in [9.17, 15) is 18.0 Å². The molecular weight excluding hydrogens is 390 g/mol. The van der Waals surface area contributed by atoms with Gasteiger partial charge in [-0.2, -0.15) is 0 Å². The van der Waals surface area contributed by atoms with Crippen LogP contribution in [0.15, 0.2) is 59.5 Å². The van der Waals surface area contributed by atoms with Crippen LogP contribution in [0.1, 0.15) is 12.0 Å². The number of anilines is 1. The summed E-state index contributed by atoms with van der Waals surface area (Å²) in [6.07, 6.45) is 0.904. The van der Waals surface area contributed by atoms with Crippen molar-refractivity contribution in [3.8, 4) is 0 Å². The van der Waals surface area contributed by atoms with E-state index in [0.29, 0.717) is 18.8 Å². The number of hydrogen-bond acceptors (Lipinski definition) is 4. The smallest absolute Gasteiger partial charge is 0.242 e. The Hall–Kier alpha value is -2.71. The van der Waals surface area contributed by atoms with Crippen molar-refractivity contribution in [2.24, 2.45) is 5.92 Å². The van der Waals surface area contributed by atoms with E-state index in [1.54, 1.807) is 17.0 Å².